The number of methoxy groups -OCH3 is 2. The summed E-state index contributed by atoms with van der Waals surface area (Å²) in [6.45, 7) is 0.365. The molecule has 3 aromatic rings. The number of fused-ring (bicyclic) bond motifs is 1. The van der Waals surface area contributed by atoms with Crippen molar-refractivity contribution in [1.82, 2.24) is 14.9 Å². The molecule has 1 aromatic heterocycles. The lowest BCUT2D eigenvalue weighted by atomic mass is 10.2. The van der Waals surface area contributed by atoms with E-state index >= 15 is 0 Å². The molecule has 0 aliphatic rings. The Labute approximate surface area is 166 Å². The Morgan fingerprint density at radius 1 is 1.14 bits per heavy atom. The molecule has 0 fully saturated rings. The minimum atomic E-state index is -0.151. The lowest BCUT2D eigenvalue weighted by Gasteiger charge is -2.11. The van der Waals surface area contributed by atoms with Crippen LogP contribution in [0.5, 0.6) is 11.5 Å². The highest BCUT2D eigenvalue weighted by Crippen LogP contribution is 2.27. The topological polar surface area (TPSA) is 82.5 Å². The van der Waals surface area contributed by atoms with Crippen LogP contribution in [0.4, 0.5) is 0 Å². The van der Waals surface area contributed by atoms with Crippen molar-refractivity contribution < 1.29 is 14.3 Å². The summed E-state index contributed by atoms with van der Waals surface area (Å²) in [7, 11) is 4.80. The maximum Gasteiger partial charge on any atom is 0.261 e. The summed E-state index contributed by atoms with van der Waals surface area (Å²) in [5, 5.41) is 3.92. The third kappa shape index (κ3) is 4.28. The molecule has 0 aliphatic carbocycles. The average molecular weight is 399 g/mol. The average Bonchev–Trinajstić information content (AvgIpc) is 2.73. The number of carbonyl (C=O) groups is 1. The van der Waals surface area contributed by atoms with E-state index in [4.69, 9.17) is 9.47 Å². The number of rotatable bonds is 7. The van der Waals surface area contributed by atoms with E-state index in [-0.39, 0.29) is 17.2 Å². The van der Waals surface area contributed by atoms with Gasteiger partial charge in [-0.2, -0.15) is 0 Å². The molecule has 146 valence electrons. The Kier molecular flexibility index (Phi) is 6.20. The van der Waals surface area contributed by atoms with Gasteiger partial charge in [0.15, 0.2) is 16.7 Å². The number of para-hydroxylation sites is 1. The number of nitrogens with one attached hydrogen (secondary N) is 1. The lowest BCUT2D eigenvalue weighted by molar-refractivity contribution is -0.118. The molecule has 28 heavy (non-hydrogen) atoms. The van der Waals surface area contributed by atoms with Crippen molar-refractivity contribution in [2.24, 2.45) is 7.05 Å². The molecular weight excluding hydrogens is 378 g/mol. The quantitative estimate of drug-likeness (QED) is 0.485. The van der Waals surface area contributed by atoms with Crippen LogP contribution in [0.25, 0.3) is 10.9 Å². The number of aromatic nitrogens is 2. The molecule has 8 heteroatoms. The summed E-state index contributed by atoms with van der Waals surface area (Å²) in [5.41, 5.74) is 1.39. The van der Waals surface area contributed by atoms with E-state index in [0.29, 0.717) is 34.1 Å². The van der Waals surface area contributed by atoms with Gasteiger partial charge in [0.1, 0.15) is 0 Å². The van der Waals surface area contributed by atoms with E-state index in [0.717, 1.165) is 5.56 Å². The van der Waals surface area contributed by atoms with Crippen molar-refractivity contribution in [1.29, 1.82) is 0 Å². The van der Waals surface area contributed by atoms with E-state index < -0.39 is 0 Å². The second-order valence-corrected chi connectivity index (χ2v) is 6.97. The normalized spacial score (nSPS) is 10.7. The summed E-state index contributed by atoms with van der Waals surface area (Å²) < 4.78 is 11.9. The maximum absolute atomic E-state index is 12.4. The Morgan fingerprint density at radius 3 is 2.64 bits per heavy atom. The maximum atomic E-state index is 12.4. The Bertz CT molecular complexity index is 1060. The third-order valence-corrected chi connectivity index (χ3v) is 5.24. The van der Waals surface area contributed by atoms with Gasteiger partial charge in [0.05, 0.1) is 30.9 Å². The zero-order chi connectivity index (χ0) is 20.1. The number of benzene rings is 2. The molecule has 0 spiro atoms. The van der Waals surface area contributed by atoms with E-state index in [1.165, 1.54) is 16.3 Å². The molecule has 1 N–H and O–H groups in total. The molecule has 1 heterocycles. The molecule has 0 saturated carbocycles. The zero-order valence-electron chi connectivity index (χ0n) is 15.9. The fourth-order valence-electron chi connectivity index (χ4n) is 2.70. The van der Waals surface area contributed by atoms with Crippen LogP contribution in [0.2, 0.25) is 0 Å². The monoisotopic (exact) mass is 399 g/mol. The van der Waals surface area contributed by atoms with Crippen molar-refractivity contribution in [2.75, 3.05) is 20.0 Å². The number of hydrogen-bond acceptors (Lipinski definition) is 6. The van der Waals surface area contributed by atoms with Gasteiger partial charge < -0.3 is 14.8 Å². The van der Waals surface area contributed by atoms with Crippen LogP contribution in [-0.2, 0) is 18.4 Å². The van der Waals surface area contributed by atoms with Gasteiger partial charge in [0.2, 0.25) is 5.91 Å². The Balaban J connectivity index is 1.63. The highest BCUT2D eigenvalue weighted by atomic mass is 32.2. The molecule has 0 unspecified atom stereocenters. The molecule has 0 atom stereocenters. The van der Waals surface area contributed by atoms with Crippen molar-refractivity contribution in [3.63, 3.8) is 0 Å². The SMILES string of the molecule is COc1ccc(CNC(=O)CSc2nc3ccccc3c(=O)n2C)cc1OC. The minimum Gasteiger partial charge on any atom is -0.493 e. The van der Waals surface area contributed by atoms with Gasteiger partial charge in [-0.15, -0.1) is 0 Å². The van der Waals surface area contributed by atoms with Crippen LogP contribution in [0.3, 0.4) is 0 Å². The molecule has 0 radical (unpaired) electrons. The summed E-state index contributed by atoms with van der Waals surface area (Å²) >= 11 is 1.23. The first-order chi connectivity index (χ1) is 13.5. The van der Waals surface area contributed by atoms with Crippen LogP contribution in [0.15, 0.2) is 52.4 Å². The van der Waals surface area contributed by atoms with Gasteiger partial charge in [-0.3, -0.25) is 14.2 Å². The molecule has 3 rings (SSSR count). The predicted molar refractivity (Wildman–Crippen MR) is 109 cm³/mol. The molecule has 0 saturated heterocycles. The molecular formula is C20H21N3O4S. The van der Waals surface area contributed by atoms with E-state index in [2.05, 4.69) is 10.3 Å². The highest BCUT2D eigenvalue weighted by molar-refractivity contribution is 7.99. The van der Waals surface area contributed by atoms with Gasteiger partial charge in [-0.25, -0.2) is 4.98 Å². The number of nitrogens with zero attached hydrogens (tertiary/aromatic N) is 2. The number of ether oxygens (including phenoxy) is 2. The van der Waals surface area contributed by atoms with Gasteiger partial charge >= 0.3 is 0 Å². The first kappa shape index (κ1) is 19.8. The van der Waals surface area contributed by atoms with E-state index in [1.807, 2.05) is 18.2 Å². The van der Waals surface area contributed by atoms with Gasteiger partial charge in [0.25, 0.3) is 5.56 Å². The molecule has 2 aromatic carbocycles. The van der Waals surface area contributed by atoms with Gasteiger partial charge in [-0.1, -0.05) is 30.0 Å². The zero-order valence-corrected chi connectivity index (χ0v) is 16.7. The van der Waals surface area contributed by atoms with Crippen LogP contribution in [0.1, 0.15) is 5.56 Å². The lowest BCUT2D eigenvalue weighted by Crippen LogP contribution is -2.26. The van der Waals surface area contributed by atoms with Crippen molar-refractivity contribution in [3.8, 4) is 11.5 Å². The second-order valence-electron chi connectivity index (χ2n) is 6.03. The summed E-state index contributed by atoms with van der Waals surface area (Å²) in [5.74, 6) is 1.25. The third-order valence-electron chi connectivity index (χ3n) is 4.21. The van der Waals surface area contributed by atoms with Crippen LogP contribution < -0.4 is 20.3 Å². The molecule has 7 nitrogen and oxygen atoms in total. The fraction of sp³-hybridized carbons (Fsp3) is 0.250. The van der Waals surface area contributed by atoms with Gasteiger partial charge in [0, 0.05) is 13.6 Å². The number of amides is 1. The van der Waals surface area contributed by atoms with Crippen LogP contribution >= 0.6 is 11.8 Å². The van der Waals surface area contributed by atoms with Crippen LogP contribution in [-0.4, -0.2) is 35.4 Å². The first-order valence-corrected chi connectivity index (χ1v) is 9.58. The molecule has 0 aliphatic heterocycles. The van der Waals surface area contributed by atoms with Gasteiger partial charge in [-0.05, 0) is 29.8 Å². The minimum absolute atomic E-state index is 0.126. The number of hydrogen-bond donors (Lipinski definition) is 1. The molecule has 1 amide bonds. The van der Waals surface area contributed by atoms with Crippen molar-refractivity contribution >= 4 is 28.6 Å². The largest absolute Gasteiger partial charge is 0.493 e. The highest BCUT2D eigenvalue weighted by Gasteiger charge is 2.11. The summed E-state index contributed by atoms with van der Waals surface area (Å²) in [6.07, 6.45) is 0. The van der Waals surface area contributed by atoms with Crippen LogP contribution in [0, 0.1) is 0 Å². The first-order valence-electron chi connectivity index (χ1n) is 8.59. The second kappa shape index (κ2) is 8.79. The Hall–Kier alpha value is -3.00. The fourth-order valence-corrected chi connectivity index (χ4v) is 3.50. The number of carbonyl (C=O) groups excluding carboxylic acids is 1. The predicted octanol–water partition coefficient (Wildman–Crippen LogP) is 2.36. The standard InChI is InChI=1S/C20H21N3O4S/c1-23-19(25)14-6-4-5-7-15(14)22-20(23)28-12-18(24)21-11-13-8-9-16(26-2)17(10-13)27-3/h4-10H,11-12H2,1-3H3,(H,21,24). The smallest absolute Gasteiger partial charge is 0.261 e. The van der Waals surface area contributed by atoms with E-state index in [1.54, 1.807) is 45.5 Å². The Morgan fingerprint density at radius 2 is 1.89 bits per heavy atom. The van der Waals surface area contributed by atoms with E-state index in [9.17, 15) is 9.59 Å². The molecule has 0 bridgehead atoms. The summed E-state index contributed by atoms with van der Waals surface area (Å²) in [6, 6.07) is 12.7. The number of thioether (sulfide) groups is 1. The van der Waals surface area contributed by atoms with Crippen molar-refractivity contribution in [2.45, 2.75) is 11.7 Å². The summed E-state index contributed by atoms with van der Waals surface area (Å²) in [4.78, 5) is 29.1. The van der Waals surface area contributed by atoms with Crippen molar-refractivity contribution in [3.05, 3.63) is 58.4 Å².